The van der Waals surface area contributed by atoms with Gasteiger partial charge in [0.15, 0.2) is 0 Å². The summed E-state index contributed by atoms with van der Waals surface area (Å²) < 4.78 is 0.813. The molecule has 1 amide bonds. The zero-order chi connectivity index (χ0) is 13.7. The predicted octanol–water partition coefficient (Wildman–Crippen LogP) is 3.45. The molecule has 0 aromatic carbocycles. The summed E-state index contributed by atoms with van der Waals surface area (Å²) in [4.78, 5) is 15.2. The number of hydrogen-bond acceptors (Lipinski definition) is 3. The number of nitrogens with one attached hydrogen (secondary N) is 1. The lowest BCUT2D eigenvalue weighted by Crippen LogP contribution is -2.37. The molecule has 1 fully saturated rings. The molecule has 1 N–H and O–H groups in total. The van der Waals surface area contributed by atoms with Crippen LogP contribution in [0.25, 0.3) is 0 Å². The van der Waals surface area contributed by atoms with Crippen molar-refractivity contribution in [2.75, 3.05) is 19.6 Å². The van der Waals surface area contributed by atoms with Crippen LogP contribution in [0.5, 0.6) is 0 Å². The molecule has 0 aliphatic carbocycles. The third-order valence-electron chi connectivity index (χ3n) is 3.52. The molecule has 0 spiro atoms. The van der Waals surface area contributed by atoms with Crippen molar-refractivity contribution in [3.8, 4) is 0 Å². The van der Waals surface area contributed by atoms with E-state index < -0.39 is 0 Å². The number of nitrogens with zero attached hydrogens (tertiary/aromatic N) is 1. The van der Waals surface area contributed by atoms with Gasteiger partial charge < -0.3 is 10.2 Å². The highest BCUT2D eigenvalue weighted by atomic mass is 35.5. The van der Waals surface area contributed by atoms with Gasteiger partial charge in [-0.2, -0.15) is 0 Å². The Morgan fingerprint density at radius 2 is 2.16 bits per heavy atom. The van der Waals surface area contributed by atoms with E-state index >= 15 is 0 Å². The van der Waals surface area contributed by atoms with Crippen LogP contribution in [0, 0.1) is 0 Å². The average Bonchev–Trinajstić information content (AvgIpc) is 2.86. The minimum atomic E-state index is 0.256. The monoisotopic (exact) mass is 300 g/mol. The van der Waals surface area contributed by atoms with Gasteiger partial charge in [-0.3, -0.25) is 4.79 Å². The fourth-order valence-corrected chi connectivity index (χ4v) is 3.45. The average molecular weight is 301 g/mol. The van der Waals surface area contributed by atoms with Gasteiger partial charge in [0.2, 0.25) is 5.91 Å². The standard InChI is InChI=1S/C14H21ClN2OS/c1-11(12-5-6-13(15)19-12)16-8-7-14(18)17-9-3-2-4-10-17/h5-6,11,16H,2-4,7-10H2,1H3. The Balaban J connectivity index is 1.69. The Morgan fingerprint density at radius 1 is 1.42 bits per heavy atom. The van der Waals surface area contributed by atoms with E-state index in [1.165, 1.54) is 11.3 Å². The van der Waals surface area contributed by atoms with Crippen LogP contribution in [0.3, 0.4) is 0 Å². The fraction of sp³-hybridized carbons (Fsp3) is 0.643. The molecule has 1 aliphatic heterocycles. The fourth-order valence-electron chi connectivity index (χ4n) is 2.36. The molecular weight excluding hydrogens is 280 g/mol. The van der Waals surface area contributed by atoms with Crippen molar-refractivity contribution in [1.82, 2.24) is 10.2 Å². The Morgan fingerprint density at radius 3 is 2.79 bits per heavy atom. The highest BCUT2D eigenvalue weighted by Gasteiger charge is 2.16. The van der Waals surface area contributed by atoms with Gasteiger partial charge in [0.05, 0.1) is 4.34 Å². The third-order valence-corrected chi connectivity index (χ3v) is 4.93. The molecular formula is C14H21ClN2OS. The molecule has 3 nitrogen and oxygen atoms in total. The first-order chi connectivity index (χ1) is 9.16. The van der Waals surface area contributed by atoms with Crippen molar-refractivity contribution in [3.63, 3.8) is 0 Å². The summed E-state index contributed by atoms with van der Waals surface area (Å²) in [5.74, 6) is 0.281. The first-order valence-corrected chi connectivity index (χ1v) is 8.12. The molecule has 1 aromatic heterocycles. The normalized spacial score (nSPS) is 17.5. The highest BCUT2D eigenvalue weighted by molar-refractivity contribution is 7.16. The highest BCUT2D eigenvalue weighted by Crippen LogP contribution is 2.26. The maximum Gasteiger partial charge on any atom is 0.223 e. The number of carbonyl (C=O) groups is 1. The molecule has 2 heterocycles. The molecule has 19 heavy (non-hydrogen) atoms. The van der Waals surface area contributed by atoms with Crippen LogP contribution in [-0.4, -0.2) is 30.4 Å². The second kappa shape index (κ2) is 7.27. The topological polar surface area (TPSA) is 32.3 Å². The van der Waals surface area contributed by atoms with Crippen molar-refractivity contribution in [1.29, 1.82) is 0 Å². The minimum Gasteiger partial charge on any atom is -0.343 e. The van der Waals surface area contributed by atoms with Crippen LogP contribution in [0.2, 0.25) is 4.34 Å². The summed E-state index contributed by atoms with van der Waals surface area (Å²) >= 11 is 7.51. The van der Waals surface area contributed by atoms with Gasteiger partial charge in [-0.15, -0.1) is 11.3 Å². The first kappa shape index (κ1) is 14.8. The molecule has 0 bridgehead atoms. The van der Waals surface area contributed by atoms with Crippen LogP contribution < -0.4 is 5.32 Å². The molecule has 1 aromatic rings. The quantitative estimate of drug-likeness (QED) is 0.903. The maximum absolute atomic E-state index is 12.0. The first-order valence-electron chi connectivity index (χ1n) is 6.93. The summed E-state index contributed by atoms with van der Waals surface area (Å²) in [6.45, 7) is 4.71. The van der Waals surface area contributed by atoms with Crippen molar-refractivity contribution in [2.45, 2.75) is 38.6 Å². The van der Waals surface area contributed by atoms with E-state index in [2.05, 4.69) is 12.2 Å². The summed E-state index contributed by atoms with van der Waals surface area (Å²) in [6, 6.07) is 4.21. The summed E-state index contributed by atoms with van der Waals surface area (Å²) in [5, 5.41) is 3.39. The van der Waals surface area contributed by atoms with E-state index in [4.69, 9.17) is 11.6 Å². The lowest BCUT2D eigenvalue weighted by molar-refractivity contribution is -0.131. The van der Waals surface area contributed by atoms with Crippen molar-refractivity contribution < 1.29 is 4.79 Å². The van der Waals surface area contributed by atoms with E-state index in [9.17, 15) is 4.79 Å². The van der Waals surface area contributed by atoms with Crippen LogP contribution >= 0.6 is 22.9 Å². The Kier molecular flexibility index (Phi) is 5.67. The molecule has 1 saturated heterocycles. The van der Waals surface area contributed by atoms with Crippen molar-refractivity contribution in [2.24, 2.45) is 0 Å². The molecule has 1 atom stereocenters. The number of carbonyl (C=O) groups excluding carboxylic acids is 1. The van der Waals surface area contributed by atoms with E-state index in [1.807, 2.05) is 17.0 Å². The molecule has 106 valence electrons. The lowest BCUT2D eigenvalue weighted by Gasteiger charge is -2.27. The minimum absolute atomic E-state index is 0.256. The Bertz CT molecular complexity index is 415. The Labute approximate surface area is 123 Å². The molecule has 5 heteroatoms. The van der Waals surface area contributed by atoms with E-state index in [1.54, 1.807) is 11.3 Å². The van der Waals surface area contributed by atoms with Gasteiger partial charge in [-0.1, -0.05) is 11.6 Å². The van der Waals surface area contributed by atoms with Gasteiger partial charge in [0, 0.05) is 37.0 Å². The van der Waals surface area contributed by atoms with Gasteiger partial charge >= 0.3 is 0 Å². The number of thiophene rings is 1. The van der Waals surface area contributed by atoms with Crippen LogP contribution in [-0.2, 0) is 4.79 Å². The van der Waals surface area contributed by atoms with Gasteiger partial charge in [0.25, 0.3) is 0 Å². The second-order valence-electron chi connectivity index (χ2n) is 5.01. The van der Waals surface area contributed by atoms with Crippen LogP contribution in [0.4, 0.5) is 0 Å². The van der Waals surface area contributed by atoms with E-state index in [0.717, 1.165) is 36.8 Å². The van der Waals surface area contributed by atoms with Gasteiger partial charge in [-0.05, 0) is 38.3 Å². The van der Waals surface area contributed by atoms with Crippen LogP contribution in [0.1, 0.15) is 43.5 Å². The summed E-state index contributed by atoms with van der Waals surface area (Å²) in [6.07, 6.45) is 4.16. The molecule has 1 aliphatic rings. The maximum atomic E-state index is 12.0. The molecule has 2 rings (SSSR count). The lowest BCUT2D eigenvalue weighted by atomic mass is 10.1. The number of rotatable bonds is 5. The third kappa shape index (κ3) is 4.48. The SMILES string of the molecule is CC(NCCC(=O)N1CCCCC1)c1ccc(Cl)s1. The van der Waals surface area contributed by atoms with Crippen LogP contribution in [0.15, 0.2) is 12.1 Å². The van der Waals surface area contributed by atoms with Gasteiger partial charge in [0.1, 0.15) is 0 Å². The largest absolute Gasteiger partial charge is 0.343 e. The zero-order valence-electron chi connectivity index (χ0n) is 11.3. The van der Waals surface area contributed by atoms with Crippen molar-refractivity contribution in [3.05, 3.63) is 21.3 Å². The van der Waals surface area contributed by atoms with Gasteiger partial charge in [-0.25, -0.2) is 0 Å². The summed E-state index contributed by atoms with van der Waals surface area (Å²) in [5.41, 5.74) is 0. The molecule has 0 radical (unpaired) electrons. The number of likely N-dealkylation sites (tertiary alicyclic amines) is 1. The smallest absolute Gasteiger partial charge is 0.223 e. The molecule has 1 unspecified atom stereocenters. The van der Waals surface area contributed by atoms with E-state index in [-0.39, 0.29) is 11.9 Å². The Hall–Kier alpha value is -0.580. The summed E-state index contributed by atoms with van der Waals surface area (Å²) in [7, 11) is 0. The number of halogens is 1. The number of piperidine rings is 1. The zero-order valence-corrected chi connectivity index (χ0v) is 12.9. The van der Waals surface area contributed by atoms with E-state index in [0.29, 0.717) is 6.42 Å². The molecule has 0 saturated carbocycles. The second-order valence-corrected chi connectivity index (χ2v) is 6.76. The number of amides is 1. The number of hydrogen-bond donors (Lipinski definition) is 1. The van der Waals surface area contributed by atoms with Crippen molar-refractivity contribution >= 4 is 28.8 Å². The predicted molar refractivity (Wildman–Crippen MR) is 80.8 cm³/mol.